The van der Waals surface area contributed by atoms with Crippen LogP contribution >= 0.6 is 0 Å². The number of hydrogen-bond donors (Lipinski definition) is 3. The molecule has 0 aromatic heterocycles. The van der Waals surface area contributed by atoms with Gasteiger partial charge in [0.05, 0.1) is 37.9 Å². The molecule has 2 aromatic rings. The van der Waals surface area contributed by atoms with Crippen LogP contribution in [0.1, 0.15) is 19.3 Å². The number of anilines is 1. The lowest BCUT2D eigenvalue weighted by molar-refractivity contribution is -0.134. The van der Waals surface area contributed by atoms with E-state index < -0.39 is 6.10 Å². The quantitative estimate of drug-likeness (QED) is 0.740. The van der Waals surface area contributed by atoms with Gasteiger partial charge in [0.2, 0.25) is 5.91 Å². The zero-order valence-electron chi connectivity index (χ0n) is 16.4. The van der Waals surface area contributed by atoms with Gasteiger partial charge in [-0.05, 0) is 36.1 Å². The van der Waals surface area contributed by atoms with Crippen LogP contribution in [0.2, 0.25) is 0 Å². The molecule has 29 heavy (non-hydrogen) atoms. The van der Waals surface area contributed by atoms with E-state index in [1.54, 1.807) is 0 Å². The van der Waals surface area contributed by atoms with E-state index in [1.807, 2.05) is 42.5 Å². The first-order chi connectivity index (χ1) is 14.2. The van der Waals surface area contributed by atoms with E-state index in [0.717, 1.165) is 29.7 Å². The van der Waals surface area contributed by atoms with Crippen LogP contribution in [0.25, 0.3) is 11.1 Å². The van der Waals surface area contributed by atoms with Gasteiger partial charge in [-0.25, -0.2) is 0 Å². The number of carbonyl (C=O) groups is 1. The molecule has 1 amide bonds. The molecule has 2 aliphatic rings. The Labute approximate surface area is 171 Å². The van der Waals surface area contributed by atoms with Gasteiger partial charge in [-0.1, -0.05) is 42.5 Å². The normalized spacial score (nSPS) is 27.3. The van der Waals surface area contributed by atoms with Crippen molar-refractivity contribution in [2.45, 2.75) is 43.6 Å². The predicted octanol–water partition coefficient (Wildman–Crippen LogP) is 2.58. The van der Waals surface area contributed by atoms with Crippen LogP contribution in [-0.2, 0) is 14.3 Å². The number of aliphatic hydroxyl groups is 1. The zero-order valence-corrected chi connectivity index (χ0v) is 16.4. The number of amides is 1. The second kappa shape index (κ2) is 9.50. The molecular weight excluding hydrogens is 368 g/mol. The van der Waals surface area contributed by atoms with Gasteiger partial charge in [-0.15, -0.1) is 0 Å². The molecule has 6 nitrogen and oxygen atoms in total. The summed E-state index contributed by atoms with van der Waals surface area (Å²) in [7, 11) is 0. The molecular formula is C23H28N2O4. The number of carbonyl (C=O) groups excluding carboxylic acids is 1. The largest absolute Gasteiger partial charge is 0.389 e. The van der Waals surface area contributed by atoms with E-state index >= 15 is 0 Å². The molecule has 0 unspecified atom stereocenters. The van der Waals surface area contributed by atoms with Crippen molar-refractivity contribution in [2.24, 2.45) is 0 Å². The van der Waals surface area contributed by atoms with Crippen molar-refractivity contribution in [1.29, 1.82) is 0 Å². The summed E-state index contributed by atoms with van der Waals surface area (Å²) in [6, 6.07) is 18.2. The number of ether oxygens (including phenoxy) is 2. The third kappa shape index (κ3) is 5.42. The Hall–Kier alpha value is -2.25. The lowest BCUT2D eigenvalue weighted by Crippen LogP contribution is -2.53. The molecule has 4 atom stereocenters. The monoisotopic (exact) mass is 396 g/mol. The molecule has 2 saturated heterocycles. The fourth-order valence-corrected chi connectivity index (χ4v) is 3.96. The first kappa shape index (κ1) is 20.0. The molecule has 154 valence electrons. The minimum absolute atomic E-state index is 0.0453. The average molecular weight is 396 g/mol. The highest BCUT2D eigenvalue weighted by Crippen LogP contribution is 2.25. The highest BCUT2D eigenvalue weighted by atomic mass is 16.5. The van der Waals surface area contributed by atoms with Crippen LogP contribution < -0.4 is 10.6 Å². The maximum atomic E-state index is 12.5. The first-order valence-electron chi connectivity index (χ1n) is 10.3. The predicted molar refractivity (Wildman–Crippen MR) is 112 cm³/mol. The van der Waals surface area contributed by atoms with Gasteiger partial charge in [0.25, 0.3) is 0 Å². The molecule has 0 radical (unpaired) electrons. The number of aliphatic hydroxyl groups excluding tert-OH is 1. The molecule has 3 N–H and O–H groups in total. The van der Waals surface area contributed by atoms with Crippen LogP contribution in [0.4, 0.5) is 5.69 Å². The van der Waals surface area contributed by atoms with Crippen molar-refractivity contribution in [3.05, 3.63) is 54.6 Å². The number of hydrogen-bond acceptors (Lipinski definition) is 5. The third-order valence-corrected chi connectivity index (χ3v) is 5.51. The average Bonchev–Trinajstić information content (AvgIpc) is 2.73. The third-order valence-electron chi connectivity index (χ3n) is 5.51. The van der Waals surface area contributed by atoms with E-state index in [0.29, 0.717) is 26.2 Å². The second-order valence-electron chi connectivity index (χ2n) is 7.78. The number of β-amino-alcohol motifs (C(OH)–C–C–N with tert-alkyl or cyclic N) is 1. The summed E-state index contributed by atoms with van der Waals surface area (Å²) >= 11 is 0. The summed E-state index contributed by atoms with van der Waals surface area (Å²) < 4.78 is 11.7. The molecule has 2 fully saturated rings. The van der Waals surface area contributed by atoms with Crippen molar-refractivity contribution in [2.75, 3.05) is 25.1 Å². The van der Waals surface area contributed by atoms with Gasteiger partial charge in [0.15, 0.2) is 0 Å². The highest BCUT2D eigenvalue weighted by molar-refractivity contribution is 5.91. The molecule has 2 aromatic carbocycles. The minimum atomic E-state index is -0.479. The summed E-state index contributed by atoms with van der Waals surface area (Å²) in [5.74, 6) is -0.0453. The lowest BCUT2D eigenvalue weighted by atomic mass is 9.96. The summed E-state index contributed by atoms with van der Waals surface area (Å²) in [4.78, 5) is 12.5. The van der Waals surface area contributed by atoms with Crippen molar-refractivity contribution in [3.63, 3.8) is 0 Å². The lowest BCUT2D eigenvalue weighted by Gasteiger charge is -2.38. The van der Waals surface area contributed by atoms with Crippen molar-refractivity contribution < 1.29 is 19.4 Å². The molecule has 0 bridgehead atoms. The molecule has 0 saturated carbocycles. The van der Waals surface area contributed by atoms with E-state index in [1.165, 1.54) is 0 Å². The van der Waals surface area contributed by atoms with Crippen LogP contribution in [0.5, 0.6) is 0 Å². The standard InChI is InChI=1S/C23H28N2O4/c26-19-13-24-21-11-10-20(29-22(21)15-28-14-19)12-23(27)25-18-8-6-17(7-9-18)16-4-2-1-3-5-16/h1-9,19-22,24,26H,10-15H2,(H,25,27)/t19-,20+,21-,22+/m1/s1. The Morgan fingerprint density at radius 1 is 1.03 bits per heavy atom. The van der Waals surface area contributed by atoms with Crippen molar-refractivity contribution in [1.82, 2.24) is 5.32 Å². The number of nitrogens with one attached hydrogen (secondary N) is 2. The molecule has 2 aliphatic heterocycles. The maximum Gasteiger partial charge on any atom is 0.226 e. The van der Waals surface area contributed by atoms with Gasteiger partial charge in [-0.2, -0.15) is 0 Å². The van der Waals surface area contributed by atoms with Gasteiger partial charge >= 0.3 is 0 Å². The first-order valence-corrected chi connectivity index (χ1v) is 10.3. The molecule has 0 aliphatic carbocycles. The molecule has 4 rings (SSSR count). The van der Waals surface area contributed by atoms with Crippen LogP contribution in [-0.4, -0.2) is 55.1 Å². The van der Waals surface area contributed by atoms with E-state index in [2.05, 4.69) is 22.8 Å². The number of rotatable bonds is 4. The fraction of sp³-hybridized carbons (Fsp3) is 0.435. The smallest absolute Gasteiger partial charge is 0.226 e. The maximum absolute atomic E-state index is 12.5. The van der Waals surface area contributed by atoms with E-state index in [-0.39, 0.29) is 24.2 Å². The SMILES string of the molecule is O=C(C[C@@H]1CC[C@H]2NC[C@@H](O)COC[C@@H]2O1)Nc1ccc(-c2ccccc2)cc1. The summed E-state index contributed by atoms with van der Waals surface area (Å²) in [5.41, 5.74) is 3.05. The van der Waals surface area contributed by atoms with Gasteiger partial charge < -0.3 is 25.2 Å². The molecule has 0 spiro atoms. The van der Waals surface area contributed by atoms with Gasteiger partial charge in [0.1, 0.15) is 0 Å². The Bertz CT molecular complexity index is 796. The Balaban J connectivity index is 1.28. The van der Waals surface area contributed by atoms with Crippen molar-refractivity contribution in [3.8, 4) is 11.1 Å². The Kier molecular flexibility index (Phi) is 6.56. The zero-order chi connectivity index (χ0) is 20.1. The summed E-state index contributed by atoms with van der Waals surface area (Å²) in [6.45, 7) is 1.26. The number of fused-ring (bicyclic) bond motifs is 1. The van der Waals surface area contributed by atoms with Crippen LogP contribution in [0, 0.1) is 0 Å². The summed E-state index contributed by atoms with van der Waals surface area (Å²) in [5, 5.41) is 16.0. The Morgan fingerprint density at radius 2 is 1.79 bits per heavy atom. The fourth-order valence-electron chi connectivity index (χ4n) is 3.96. The van der Waals surface area contributed by atoms with E-state index in [4.69, 9.17) is 9.47 Å². The number of benzene rings is 2. The molecule has 2 heterocycles. The topological polar surface area (TPSA) is 79.8 Å². The van der Waals surface area contributed by atoms with Gasteiger partial charge in [0, 0.05) is 18.3 Å². The summed E-state index contributed by atoms with van der Waals surface area (Å²) in [6.07, 6.45) is 1.36. The van der Waals surface area contributed by atoms with Gasteiger partial charge in [-0.3, -0.25) is 4.79 Å². The molecule has 6 heteroatoms. The van der Waals surface area contributed by atoms with Crippen LogP contribution in [0.15, 0.2) is 54.6 Å². The Morgan fingerprint density at radius 3 is 2.59 bits per heavy atom. The highest BCUT2D eigenvalue weighted by Gasteiger charge is 2.33. The van der Waals surface area contributed by atoms with E-state index in [9.17, 15) is 9.90 Å². The van der Waals surface area contributed by atoms with Crippen molar-refractivity contribution >= 4 is 11.6 Å². The van der Waals surface area contributed by atoms with Crippen LogP contribution in [0.3, 0.4) is 0 Å². The minimum Gasteiger partial charge on any atom is -0.389 e. The second-order valence-corrected chi connectivity index (χ2v) is 7.78.